The zero-order valence-corrected chi connectivity index (χ0v) is 23.0. The Kier molecular flexibility index (Phi) is 7.90. The summed E-state index contributed by atoms with van der Waals surface area (Å²) in [5.41, 5.74) is 10.0. The summed E-state index contributed by atoms with van der Waals surface area (Å²) in [6.07, 6.45) is 4.44. The van der Waals surface area contributed by atoms with E-state index in [0.717, 1.165) is 60.1 Å². The molecule has 3 aromatic rings. The number of ether oxygens (including phenoxy) is 1. The third kappa shape index (κ3) is 5.81. The van der Waals surface area contributed by atoms with E-state index in [1.807, 2.05) is 42.6 Å². The van der Waals surface area contributed by atoms with Gasteiger partial charge in [-0.05, 0) is 74.4 Å². The Morgan fingerprint density at radius 1 is 1.05 bits per heavy atom. The van der Waals surface area contributed by atoms with Gasteiger partial charge in [-0.2, -0.15) is 0 Å². The molecular weight excluding hydrogens is 500 g/mol. The molecule has 2 fully saturated rings. The highest BCUT2D eigenvalue weighted by atomic mass is 32.2. The maximum absolute atomic E-state index is 13.1. The molecule has 9 heteroatoms. The van der Waals surface area contributed by atoms with Crippen molar-refractivity contribution in [1.29, 1.82) is 0 Å². The maximum atomic E-state index is 13.1. The molecule has 1 amide bonds. The van der Waals surface area contributed by atoms with Crippen LogP contribution in [0.25, 0.3) is 22.0 Å². The average Bonchev–Trinajstić information content (AvgIpc) is 3.32. The number of hydrogen-bond acceptors (Lipinski definition) is 5. The van der Waals surface area contributed by atoms with E-state index >= 15 is 0 Å². The van der Waals surface area contributed by atoms with E-state index in [0.29, 0.717) is 25.1 Å². The minimum atomic E-state index is -3.30. The van der Waals surface area contributed by atoms with E-state index in [-0.39, 0.29) is 23.9 Å². The number of nitrogens with one attached hydrogen (secondary N) is 1. The molecule has 3 heterocycles. The van der Waals surface area contributed by atoms with Crippen LogP contribution in [-0.4, -0.2) is 79.2 Å². The van der Waals surface area contributed by atoms with Crippen LogP contribution in [0.4, 0.5) is 0 Å². The van der Waals surface area contributed by atoms with Gasteiger partial charge in [0.05, 0.1) is 29.0 Å². The molecule has 2 aliphatic heterocycles. The Hall–Kier alpha value is -2.72. The van der Waals surface area contributed by atoms with Crippen LogP contribution in [0.5, 0.6) is 0 Å². The number of carbonyl (C=O) groups excluding carboxylic acids is 1. The monoisotopic (exact) mass is 538 g/mol. The van der Waals surface area contributed by atoms with Crippen molar-refractivity contribution in [1.82, 2.24) is 14.2 Å². The SMILES string of the molecule is CC1CN(CCCS(=O)(=O)N2CCC(c3c[nH]c4c(C(N)=O)cc(-c5ccccc5)cc34)CC2)CC(C)O1. The molecule has 8 nitrogen and oxygen atoms in total. The average molecular weight is 539 g/mol. The van der Waals surface area contributed by atoms with Gasteiger partial charge in [0, 0.05) is 37.8 Å². The number of primary amides is 1. The molecule has 0 saturated carbocycles. The molecule has 2 aromatic carbocycles. The van der Waals surface area contributed by atoms with Gasteiger partial charge in [0.25, 0.3) is 5.91 Å². The summed E-state index contributed by atoms with van der Waals surface area (Å²) in [7, 11) is -3.30. The first-order valence-electron chi connectivity index (χ1n) is 13.6. The number of sulfonamides is 1. The van der Waals surface area contributed by atoms with E-state index in [9.17, 15) is 13.2 Å². The summed E-state index contributed by atoms with van der Waals surface area (Å²) in [5, 5.41) is 0.982. The lowest BCUT2D eigenvalue weighted by molar-refractivity contribution is -0.0677. The van der Waals surface area contributed by atoms with Gasteiger partial charge in [-0.25, -0.2) is 12.7 Å². The fourth-order valence-corrected chi connectivity index (χ4v) is 7.61. The minimum Gasteiger partial charge on any atom is -0.373 e. The number of hydrogen-bond donors (Lipinski definition) is 2. The summed E-state index contributed by atoms with van der Waals surface area (Å²) >= 11 is 0. The van der Waals surface area contributed by atoms with Gasteiger partial charge in [-0.3, -0.25) is 9.69 Å². The van der Waals surface area contributed by atoms with Crippen LogP contribution >= 0.6 is 0 Å². The third-order valence-corrected chi connectivity index (χ3v) is 9.81. The van der Waals surface area contributed by atoms with Gasteiger partial charge in [-0.1, -0.05) is 30.3 Å². The highest BCUT2D eigenvalue weighted by molar-refractivity contribution is 7.89. The van der Waals surface area contributed by atoms with Crippen molar-refractivity contribution in [2.75, 3.05) is 38.5 Å². The van der Waals surface area contributed by atoms with Crippen LogP contribution in [-0.2, 0) is 14.8 Å². The minimum absolute atomic E-state index is 0.174. The predicted molar refractivity (Wildman–Crippen MR) is 151 cm³/mol. The van der Waals surface area contributed by atoms with E-state index in [1.54, 1.807) is 4.31 Å². The van der Waals surface area contributed by atoms with Gasteiger partial charge in [0.1, 0.15) is 0 Å². The molecular formula is C29H38N4O4S. The molecule has 0 spiro atoms. The number of nitrogens with zero attached hydrogens (tertiary/aromatic N) is 2. The lowest BCUT2D eigenvalue weighted by Gasteiger charge is -2.35. The van der Waals surface area contributed by atoms with Gasteiger partial charge in [-0.15, -0.1) is 0 Å². The maximum Gasteiger partial charge on any atom is 0.250 e. The van der Waals surface area contributed by atoms with E-state index in [1.165, 1.54) is 0 Å². The van der Waals surface area contributed by atoms with Crippen molar-refractivity contribution in [3.63, 3.8) is 0 Å². The quantitative estimate of drug-likeness (QED) is 0.452. The van der Waals surface area contributed by atoms with Crippen LogP contribution in [0, 0.1) is 0 Å². The van der Waals surface area contributed by atoms with E-state index in [4.69, 9.17) is 10.5 Å². The third-order valence-electron chi connectivity index (χ3n) is 7.85. The normalized spacial score (nSPS) is 22.2. The standard InChI is InChI=1S/C29H38N4O4S/c1-20-18-32(19-21(2)37-20)11-6-14-38(35,36)33-12-9-23(10-13-33)27-17-31-28-25(27)15-24(16-26(28)29(30)34)22-7-4-3-5-8-22/h3-5,7-8,15-17,20-21,23,31H,6,9-14,18-19H2,1-2H3,(H2,30,34). The Bertz CT molecular complexity index is 1370. The van der Waals surface area contributed by atoms with Gasteiger partial charge in [0.15, 0.2) is 0 Å². The van der Waals surface area contributed by atoms with Crippen LogP contribution < -0.4 is 5.73 Å². The number of piperidine rings is 1. The van der Waals surface area contributed by atoms with Crippen molar-refractivity contribution < 1.29 is 17.9 Å². The molecule has 38 heavy (non-hydrogen) atoms. The zero-order chi connectivity index (χ0) is 26.9. The van der Waals surface area contributed by atoms with Crippen LogP contribution in [0.15, 0.2) is 48.7 Å². The second-order valence-corrected chi connectivity index (χ2v) is 12.9. The van der Waals surface area contributed by atoms with Crippen molar-refractivity contribution in [3.05, 3.63) is 59.8 Å². The highest BCUT2D eigenvalue weighted by Crippen LogP contribution is 2.37. The number of benzene rings is 2. The van der Waals surface area contributed by atoms with Gasteiger partial charge in [0.2, 0.25) is 10.0 Å². The molecule has 2 saturated heterocycles. The number of nitrogens with two attached hydrogens (primary N) is 1. The largest absolute Gasteiger partial charge is 0.373 e. The fourth-order valence-electron chi connectivity index (χ4n) is 6.09. The van der Waals surface area contributed by atoms with Crippen LogP contribution in [0.1, 0.15) is 54.9 Å². The summed E-state index contributed by atoms with van der Waals surface area (Å²) in [5.74, 6) is -0.0887. The number of carbonyl (C=O) groups is 1. The molecule has 2 aliphatic rings. The first-order valence-corrected chi connectivity index (χ1v) is 15.2. The predicted octanol–water partition coefficient (Wildman–Crippen LogP) is 3.94. The van der Waals surface area contributed by atoms with E-state index in [2.05, 4.69) is 29.8 Å². The molecule has 3 N–H and O–H groups in total. The summed E-state index contributed by atoms with van der Waals surface area (Å²) in [6.45, 7) is 7.62. The number of morpholine rings is 1. The van der Waals surface area contributed by atoms with Gasteiger partial charge >= 0.3 is 0 Å². The number of fused-ring (bicyclic) bond motifs is 1. The number of rotatable bonds is 8. The van der Waals surface area contributed by atoms with Crippen molar-refractivity contribution >= 4 is 26.8 Å². The van der Waals surface area contributed by atoms with Crippen LogP contribution in [0.2, 0.25) is 0 Å². The number of amides is 1. The van der Waals surface area contributed by atoms with Gasteiger partial charge < -0.3 is 15.5 Å². The number of H-pyrrole nitrogens is 1. The Balaban J connectivity index is 1.26. The summed E-state index contributed by atoms with van der Waals surface area (Å²) in [4.78, 5) is 17.9. The lowest BCUT2D eigenvalue weighted by Crippen LogP contribution is -2.46. The topological polar surface area (TPSA) is 109 Å². The molecule has 2 atom stereocenters. The second kappa shape index (κ2) is 11.2. The molecule has 0 radical (unpaired) electrons. The highest BCUT2D eigenvalue weighted by Gasteiger charge is 2.30. The van der Waals surface area contributed by atoms with Crippen molar-refractivity contribution in [2.45, 2.75) is 51.2 Å². The Morgan fingerprint density at radius 3 is 2.39 bits per heavy atom. The zero-order valence-electron chi connectivity index (χ0n) is 22.2. The van der Waals surface area contributed by atoms with E-state index < -0.39 is 15.9 Å². The van der Waals surface area contributed by atoms with Crippen molar-refractivity contribution in [3.8, 4) is 11.1 Å². The fraction of sp³-hybridized carbons (Fsp3) is 0.483. The summed E-state index contributed by atoms with van der Waals surface area (Å²) in [6, 6.07) is 13.9. The molecule has 5 rings (SSSR count). The first-order chi connectivity index (χ1) is 18.2. The first kappa shape index (κ1) is 26.9. The molecule has 1 aromatic heterocycles. The molecule has 0 bridgehead atoms. The summed E-state index contributed by atoms with van der Waals surface area (Å²) < 4.78 is 33.7. The Labute approximate surface area is 225 Å². The number of aromatic nitrogens is 1. The number of aromatic amines is 1. The second-order valence-electron chi connectivity index (χ2n) is 10.8. The molecule has 0 aliphatic carbocycles. The Morgan fingerprint density at radius 2 is 1.74 bits per heavy atom. The smallest absolute Gasteiger partial charge is 0.250 e. The molecule has 2 unspecified atom stereocenters. The van der Waals surface area contributed by atoms with Crippen LogP contribution in [0.3, 0.4) is 0 Å². The van der Waals surface area contributed by atoms with Crippen molar-refractivity contribution in [2.24, 2.45) is 5.73 Å². The lowest BCUT2D eigenvalue weighted by atomic mass is 9.88. The molecule has 204 valence electrons.